The Hall–Kier alpha value is -2.11. The molecule has 3 rings (SSSR count). The number of amides is 1. The number of anilines is 1. The fourth-order valence-electron chi connectivity index (χ4n) is 2.24. The summed E-state index contributed by atoms with van der Waals surface area (Å²) in [7, 11) is 0. The summed E-state index contributed by atoms with van der Waals surface area (Å²) in [4.78, 5) is 15.6. The average Bonchev–Trinajstić information content (AvgIpc) is 2.53. The lowest BCUT2D eigenvalue weighted by Crippen LogP contribution is -2.10. The van der Waals surface area contributed by atoms with Crippen molar-refractivity contribution in [1.82, 2.24) is 4.98 Å². The maximum Gasteiger partial charge on any atom is 0.248 e. The molecule has 116 valence electrons. The van der Waals surface area contributed by atoms with Gasteiger partial charge in [0.1, 0.15) is 5.82 Å². The standard InChI is InChI=1S/C17H13BrClN3O/c18-13-7-12-5-6-15(22-16(12)14(19)8-13)21-9-10-1-3-11(4-2-10)17(20)23/h1-8H,9H2,(H2,20,23)(H,21,22). The molecule has 0 aliphatic heterocycles. The average molecular weight is 391 g/mol. The topological polar surface area (TPSA) is 68.0 Å². The molecule has 1 heterocycles. The van der Waals surface area contributed by atoms with Gasteiger partial charge >= 0.3 is 0 Å². The third-order valence-corrected chi connectivity index (χ3v) is 4.17. The van der Waals surface area contributed by atoms with Crippen LogP contribution < -0.4 is 11.1 Å². The number of carbonyl (C=O) groups is 1. The summed E-state index contributed by atoms with van der Waals surface area (Å²) in [6, 6.07) is 14.8. The number of benzene rings is 2. The zero-order valence-electron chi connectivity index (χ0n) is 12.0. The maximum atomic E-state index is 11.1. The largest absolute Gasteiger partial charge is 0.366 e. The molecule has 0 aliphatic carbocycles. The molecule has 0 fully saturated rings. The summed E-state index contributed by atoms with van der Waals surface area (Å²) in [6.45, 7) is 0.589. The summed E-state index contributed by atoms with van der Waals surface area (Å²) < 4.78 is 0.923. The van der Waals surface area contributed by atoms with Gasteiger partial charge < -0.3 is 11.1 Å². The second kappa shape index (κ2) is 6.56. The van der Waals surface area contributed by atoms with Gasteiger partial charge in [-0.2, -0.15) is 0 Å². The van der Waals surface area contributed by atoms with Crippen molar-refractivity contribution < 1.29 is 4.79 Å². The summed E-state index contributed by atoms with van der Waals surface area (Å²) >= 11 is 9.65. The first-order valence-corrected chi connectivity index (χ1v) is 8.08. The minimum Gasteiger partial charge on any atom is -0.366 e. The van der Waals surface area contributed by atoms with Crippen LogP contribution in [0.1, 0.15) is 15.9 Å². The molecule has 23 heavy (non-hydrogen) atoms. The fraction of sp³-hybridized carbons (Fsp3) is 0.0588. The Kier molecular flexibility index (Phi) is 4.50. The number of hydrogen-bond acceptors (Lipinski definition) is 3. The van der Waals surface area contributed by atoms with Gasteiger partial charge in [0.2, 0.25) is 5.91 Å². The quantitative estimate of drug-likeness (QED) is 0.695. The molecule has 4 nitrogen and oxygen atoms in total. The molecule has 0 radical (unpaired) electrons. The van der Waals surface area contributed by atoms with Gasteiger partial charge in [0, 0.05) is 22.0 Å². The van der Waals surface area contributed by atoms with Gasteiger partial charge in [0.25, 0.3) is 0 Å². The van der Waals surface area contributed by atoms with Crippen LogP contribution in [0.15, 0.2) is 53.0 Å². The van der Waals surface area contributed by atoms with E-state index < -0.39 is 5.91 Å². The lowest BCUT2D eigenvalue weighted by atomic mass is 10.1. The lowest BCUT2D eigenvalue weighted by molar-refractivity contribution is 0.100. The third kappa shape index (κ3) is 3.63. The van der Waals surface area contributed by atoms with Crippen LogP contribution in [-0.4, -0.2) is 10.9 Å². The number of fused-ring (bicyclic) bond motifs is 1. The highest BCUT2D eigenvalue weighted by atomic mass is 79.9. The van der Waals surface area contributed by atoms with Gasteiger partial charge in [-0.05, 0) is 42.0 Å². The van der Waals surface area contributed by atoms with Crippen molar-refractivity contribution in [3.63, 3.8) is 0 Å². The molecule has 3 N–H and O–H groups in total. The highest BCUT2D eigenvalue weighted by Crippen LogP contribution is 2.27. The van der Waals surface area contributed by atoms with E-state index in [9.17, 15) is 4.79 Å². The van der Waals surface area contributed by atoms with Gasteiger partial charge in [0.05, 0.1) is 10.5 Å². The Morgan fingerprint density at radius 2 is 1.91 bits per heavy atom. The van der Waals surface area contributed by atoms with Crippen molar-refractivity contribution in [2.24, 2.45) is 5.73 Å². The SMILES string of the molecule is NC(=O)c1ccc(CNc2ccc3cc(Br)cc(Cl)c3n2)cc1. The summed E-state index contributed by atoms with van der Waals surface area (Å²) in [6.07, 6.45) is 0. The van der Waals surface area contributed by atoms with Gasteiger partial charge in [-0.3, -0.25) is 4.79 Å². The zero-order chi connectivity index (χ0) is 16.4. The number of nitrogens with zero attached hydrogens (tertiary/aromatic N) is 1. The van der Waals surface area contributed by atoms with Crippen molar-refractivity contribution in [1.29, 1.82) is 0 Å². The van der Waals surface area contributed by atoms with E-state index in [1.807, 2.05) is 36.4 Å². The molecule has 1 aromatic heterocycles. The minimum absolute atomic E-state index is 0.429. The van der Waals surface area contributed by atoms with E-state index in [1.165, 1.54) is 0 Å². The third-order valence-electron chi connectivity index (χ3n) is 3.42. The Morgan fingerprint density at radius 1 is 1.17 bits per heavy atom. The molecule has 6 heteroatoms. The van der Waals surface area contributed by atoms with Crippen molar-refractivity contribution in [3.8, 4) is 0 Å². The number of nitrogens with one attached hydrogen (secondary N) is 1. The molecule has 1 amide bonds. The van der Waals surface area contributed by atoms with Gasteiger partial charge in [-0.1, -0.05) is 39.7 Å². The number of rotatable bonds is 4. The Bertz CT molecular complexity index is 881. The normalized spacial score (nSPS) is 10.7. The van der Waals surface area contributed by atoms with Crippen molar-refractivity contribution in [2.75, 3.05) is 5.32 Å². The summed E-state index contributed by atoms with van der Waals surface area (Å²) in [5.41, 5.74) is 7.50. The molecule has 3 aromatic rings. The minimum atomic E-state index is -0.429. The van der Waals surface area contributed by atoms with Crippen LogP contribution in [0.5, 0.6) is 0 Å². The highest BCUT2D eigenvalue weighted by molar-refractivity contribution is 9.10. The monoisotopic (exact) mass is 389 g/mol. The Morgan fingerprint density at radius 3 is 2.61 bits per heavy atom. The van der Waals surface area contributed by atoms with E-state index in [0.717, 1.165) is 26.8 Å². The molecular weight excluding hydrogens is 378 g/mol. The number of primary amides is 1. The van der Waals surface area contributed by atoms with E-state index >= 15 is 0 Å². The van der Waals surface area contributed by atoms with Crippen LogP contribution in [-0.2, 0) is 6.54 Å². The van der Waals surface area contributed by atoms with Gasteiger partial charge in [-0.15, -0.1) is 0 Å². The van der Waals surface area contributed by atoms with E-state index in [1.54, 1.807) is 12.1 Å². The second-order valence-corrected chi connectivity index (χ2v) is 6.39. The highest BCUT2D eigenvalue weighted by Gasteiger charge is 2.05. The van der Waals surface area contributed by atoms with Crippen LogP contribution in [0.2, 0.25) is 5.02 Å². The van der Waals surface area contributed by atoms with E-state index in [0.29, 0.717) is 17.1 Å². The predicted molar refractivity (Wildman–Crippen MR) is 96.7 cm³/mol. The number of nitrogens with two attached hydrogens (primary N) is 1. The lowest BCUT2D eigenvalue weighted by Gasteiger charge is -2.08. The molecule has 0 aliphatic rings. The Labute approximate surface area is 146 Å². The van der Waals surface area contributed by atoms with Gasteiger partial charge in [0.15, 0.2) is 0 Å². The predicted octanol–water partition coefficient (Wildman–Crippen LogP) is 4.36. The second-order valence-electron chi connectivity index (χ2n) is 5.07. The smallest absolute Gasteiger partial charge is 0.248 e. The number of aromatic nitrogens is 1. The summed E-state index contributed by atoms with van der Waals surface area (Å²) in [5.74, 6) is 0.308. The number of halogens is 2. The van der Waals surface area contributed by atoms with Crippen molar-refractivity contribution in [3.05, 3.63) is 69.2 Å². The molecule has 0 spiro atoms. The van der Waals surface area contributed by atoms with Crippen molar-refractivity contribution in [2.45, 2.75) is 6.54 Å². The van der Waals surface area contributed by atoms with Crippen LogP contribution in [0.25, 0.3) is 10.9 Å². The number of hydrogen-bond donors (Lipinski definition) is 2. The molecule has 0 atom stereocenters. The van der Waals surface area contributed by atoms with E-state index in [-0.39, 0.29) is 0 Å². The number of pyridine rings is 1. The number of carbonyl (C=O) groups excluding carboxylic acids is 1. The molecule has 0 unspecified atom stereocenters. The molecule has 0 saturated carbocycles. The van der Waals surface area contributed by atoms with Crippen LogP contribution in [0.4, 0.5) is 5.82 Å². The van der Waals surface area contributed by atoms with Crippen LogP contribution in [0.3, 0.4) is 0 Å². The van der Waals surface area contributed by atoms with Crippen LogP contribution in [0, 0.1) is 0 Å². The first-order chi connectivity index (χ1) is 11.0. The van der Waals surface area contributed by atoms with Crippen LogP contribution >= 0.6 is 27.5 Å². The molecule has 2 aromatic carbocycles. The van der Waals surface area contributed by atoms with E-state index in [4.69, 9.17) is 17.3 Å². The molecule has 0 saturated heterocycles. The fourth-order valence-corrected chi connectivity index (χ4v) is 3.11. The molecule has 0 bridgehead atoms. The first kappa shape index (κ1) is 15.8. The van der Waals surface area contributed by atoms with Gasteiger partial charge in [-0.25, -0.2) is 4.98 Å². The Balaban J connectivity index is 1.78. The summed E-state index contributed by atoms with van der Waals surface area (Å²) in [5, 5.41) is 4.82. The van der Waals surface area contributed by atoms with E-state index in [2.05, 4.69) is 26.2 Å². The van der Waals surface area contributed by atoms with Crippen molar-refractivity contribution >= 4 is 50.2 Å². The molecular formula is C17H13BrClN3O. The maximum absolute atomic E-state index is 11.1. The zero-order valence-corrected chi connectivity index (χ0v) is 14.4. The first-order valence-electron chi connectivity index (χ1n) is 6.91.